The van der Waals surface area contributed by atoms with Gasteiger partial charge in [0.1, 0.15) is 0 Å². The maximum atomic E-state index is 1.64. The Morgan fingerprint density at radius 2 is 0.632 bits per heavy atom. The molecule has 4 rings (SSSR count). The maximum absolute atomic E-state index is 1.64. The second-order valence-electron chi connectivity index (χ2n) is 8.43. The Labute approximate surface area is 119 Å². The lowest BCUT2D eigenvalue weighted by Crippen LogP contribution is -2.40. The van der Waals surface area contributed by atoms with Gasteiger partial charge in [0.15, 0.2) is 0 Å². The lowest BCUT2D eigenvalue weighted by atomic mass is 9.56. The Bertz CT molecular complexity index is 277. The van der Waals surface area contributed by atoms with E-state index in [1.54, 1.807) is 77.0 Å². The van der Waals surface area contributed by atoms with Crippen molar-refractivity contribution < 1.29 is 0 Å². The molecule has 0 saturated heterocycles. The van der Waals surface area contributed by atoms with Crippen molar-refractivity contribution >= 4 is 0 Å². The minimum absolute atomic E-state index is 1.14. The molecule has 0 aromatic heterocycles. The molecule has 0 bridgehead atoms. The van der Waals surface area contributed by atoms with Crippen molar-refractivity contribution in [1.29, 1.82) is 0 Å². The van der Waals surface area contributed by atoms with Crippen molar-refractivity contribution in [3.05, 3.63) is 0 Å². The van der Waals surface area contributed by atoms with E-state index in [2.05, 4.69) is 0 Å². The summed E-state index contributed by atoms with van der Waals surface area (Å²) in [6.07, 6.45) is 20.6. The smallest absolute Gasteiger partial charge is 0.0380 e. The number of rotatable bonds is 0. The summed E-state index contributed by atoms with van der Waals surface area (Å²) in [6, 6.07) is 0. The third kappa shape index (κ3) is 2.49. The van der Waals surface area contributed by atoms with Gasteiger partial charge in [0.25, 0.3) is 0 Å². The average molecular weight is 260 g/mol. The first kappa shape index (κ1) is 12.7. The Balaban J connectivity index is 1.46. The molecule has 0 aliphatic heterocycles. The summed E-state index contributed by atoms with van der Waals surface area (Å²) in [4.78, 5) is 0. The van der Waals surface area contributed by atoms with Gasteiger partial charge in [0.2, 0.25) is 0 Å². The van der Waals surface area contributed by atoms with Crippen LogP contribution in [0.25, 0.3) is 0 Å². The van der Waals surface area contributed by atoms with Crippen molar-refractivity contribution in [2.24, 2.45) is 35.5 Å². The third-order valence-electron chi connectivity index (χ3n) is 7.47. The standard InChI is InChI=1S/C19H32/c1-2-6-14-10-18-12-16-8-4-5-9-17(16)13-19(18)11-15(14)7-3-1/h14-19H,1-13H2. The first-order chi connectivity index (χ1) is 9.40. The molecular weight excluding hydrogens is 228 g/mol. The lowest BCUT2D eigenvalue weighted by molar-refractivity contribution is 0.00743. The molecule has 6 atom stereocenters. The van der Waals surface area contributed by atoms with Crippen LogP contribution in [0.15, 0.2) is 0 Å². The van der Waals surface area contributed by atoms with Crippen molar-refractivity contribution in [1.82, 2.24) is 0 Å². The van der Waals surface area contributed by atoms with Crippen LogP contribution in [0.5, 0.6) is 0 Å². The van der Waals surface area contributed by atoms with E-state index < -0.39 is 0 Å². The van der Waals surface area contributed by atoms with Crippen LogP contribution < -0.4 is 0 Å². The lowest BCUT2D eigenvalue weighted by Gasteiger charge is -2.50. The number of hydrogen-bond acceptors (Lipinski definition) is 0. The van der Waals surface area contributed by atoms with Gasteiger partial charge in [0, 0.05) is 0 Å². The minimum atomic E-state index is 1.14. The molecule has 108 valence electrons. The Morgan fingerprint density at radius 3 is 1.00 bits per heavy atom. The normalized spacial score (nSPS) is 50.5. The van der Waals surface area contributed by atoms with Gasteiger partial charge in [-0.2, -0.15) is 0 Å². The largest absolute Gasteiger partial charge is 0.0533 e. The first-order valence-electron chi connectivity index (χ1n) is 9.40. The predicted molar refractivity (Wildman–Crippen MR) is 81.0 cm³/mol. The van der Waals surface area contributed by atoms with Gasteiger partial charge in [-0.05, 0) is 61.2 Å². The van der Waals surface area contributed by atoms with E-state index in [-0.39, 0.29) is 0 Å². The molecule has 4 fully saturated rings. The van der Waals surface area contributed by atoms with E-state index in [0.717, 1.165) is 35.5 Å². The first-order valence-corrected chi connectivity index (χ1v) is 9.40. The molecule has 0 aromatic carbocycles. The highest BCUT2D eigenvalue weighted by Gasteiger charge is 2.43. The molecule has 19 heavy (non-hydrogen) atoms. The van der Waals surface area contributed by atoms with Crippen LogP contribution in [0.4, 0.5) is 0 Å². The molecule has 0 aromatic rings. The fourth-order valence-corrected chi connectivity index (χ4v) is 6.50. The monoisotopic (exact) mass is 260 g/mol. The van der Waals surface area contributed by atoms with Crippen molar-refractivity contribution in [2.45, 2.75) is 83.5 Å². The molecule has 0 amide bonds. The molecule has 0 heteroatoms. The zero-order valence-electron chi connectivity index (χ0n) is 12.7. The van der Waals surface area contributed by atoms with E-state index >= 15 is 0 Å². The molecule has 0 spiro atoms. The summed E-state index contributed by atoms with van der Waals surface area (Å²) >= 11 is 0. The molecule has 0 radical (unpaired) electrons. The number of fused-ring (bicyclic) bond motifs is 3. The van der Waals surface area contributed by atoms with Crippen molar-refractivity contribution in [3.8, 4) is 0 Å². The van der Waals surface area contributed by atoms with E-state index in [4.69, 9.17) is 0 Å². The molecule has 0 nitrogen and oxygen atoms in total. The Kier molecular flexibility index (Phi) is 3.62. The van der Waals surface area contributed by atoms with Crippen molar-refractivity contribution in [2.75, 3.05) is 0 Å². The second-order valence-corrected chi connectivity index (χ2v) is 8.43. The molecule has 4 aliphatic rings. The Hall–Kier alpha value is 0. The summed E-state index contributed by atoms with van der Waals surface area (Å²) in [5.41, 5.74) is 0. The SMILES string of the molecule is C1CCC2CC3CC4CCCCC4CC3CC2CC1. The van der Waals surface area contributed by atoms with E-state index in [0.29, 0.717) is 0 Å². The van der Waals surface area contributed by atoms with Crippen molar-refractivity contribution in [3.63, 3.8) is 0 Å². The average Bonchev–Trinajstić information content (AvgIpc) is 2.67. The zero-order valence-corrected chi connectivity index (χ0v) is 12.7. The minimum Gasteiger partial charge on any atom is -0.0533 e. The molecular formula is C19H32. The van der Waals surface area contributed by atoms with Crippen LogP contribution in [-0.2, 0) is 0 Å². The fourth-order valence-electron chi connectivity index (χ4n) is 6.50. The summed E-state index contributed by atoms with van der Waals surface area (Å²) < 4.78 is 0. The molecule has 4 aliphatic carbocycles. The van der Waals surface area contributed by atoms with Crippen LogP contribution in [0, 0.1) is 35.5 Å². The molecule has 0 N–H and O–H groups in total. The third-order valence-corrected chi connectivity index (χ3v) is 7.47. The maximum Gasteiger partial charge on any atom is -0.0380 e. The van der Waals surface area contributed by atoms with Crippen LogP contribution >= 0.6 is 0 Å². The highest BCUT2D eigenvalue weighted by molar-refractivity contribution is 4.94. The van der Waals surface area contributed by atoms with Crippen LogP contribution in [0.3, 0.4) is 0 Å². The highest BCUT2D eigenvalue weighted by atomic mass is 14.5. The quantitative estimate of drug-likeness (QED) is 0.515. The summed E-state index contributed by atoms with van der Waals surface area (Å²) in [7, 11) is 0. The van der Waals surface area contributed by atoms with Gasteiger partial charge in [-0.15, -0.1) is 0 Å². The number of hydrogen-bond donors (Lipinski definition) is 0. The topological polar surface area (TPSA) is 0 Å². The van der Waals surface area contributed by atoms with E-state index in [1.807, 2.05) is 0 Å². The fraction of sp³-hybridized carbons (Fsp3) is 1.00. The van der Waals surface area contributed by atoms with Gasteiger partial charge < -0.3 is 0 Å². The van der Waals surface area contributed by atoms with E-state index in [1.165, 1.54) is 6.42 Å². The summed E-state index contributed by atoms with van der Waals surface area (Å²) in [5.74, 6) is 6.89. The Morgan fingerprint density at radius 1 is 0.316 bits per heavy atom. The summed E-state index contributed by atoms with van der Waals surface area (Å²) in [5, 5.41) is 0. The second kappa shape index (κ2) is 5.41. The van der Waals surface area contributed by atoms with Crippen LogP contribution in [0.1, 0.15) is 83.5 Å². The van der Waals surface area contributed by atoms with Gasteiger partial charge in [-0.25, -0.2) is 0 Å². The van der Waals surface area contributed by atoms with Crippen LogP contribution in [0.2, 0.25) is 0 Å². The molecule has 0 heterocycles. The highest BCUT2D eigenvalue weighted by Crippen LogP contribution is 2.54. The summed E-state index contributed by atoms with van der Waals surface area (Å²) in [6.45, 7) is 0. The van der Waals surface area contributed by atoms with Gasteiger partial charge >= 0.3 is 0 Å². The van der Waals surface area contributed by atoms with Gasteiger partial charge in [-0.3, -0.25) is 0 Å². The van der Waals surface area contributed by atoms with Gasteiger partial charge in [-0.1, -0.05) is 57.8 Å². The molecule has 4 saturated carbocycles. The van der Waals surface area contributed by atoms with Gasteiger partial charge in [0.05, 0.1) is 0 Å². The zero-order chi connectivity index (χ0) is 12.7. The van der Waals surface area contributed by atoms with Crippen LogP contribution in [-0.4, -0.2) is 0 Å². The predicted octanol–water partition coefficient (Wildman–Crippen LogP) is 5.81. The van der Waals surface area contributed by atoms with E-state index in [9.17, 15) is 0 Å². The molecule has 6 unspecified atom stereocenters.